The summed E-state index contributed by atoms with van der Waals surface area (Å²) in [7, 11) is 3.62. The summed E-state index contributed by atoms with van der Waals surface area (Å²) < 4.78 is 6.03. The predicted octanol–water partition coefficient (Wildman–Crippen LogP) is 2.94. The second-order valence-electron chi connectivity index (χ2n) is 6.98. The molecule has 1 N–H and O–H groups in total. The van der Waals surface area contributed by atoms with Gasteiger partial charge in [0.2, 0.25) is 0 Å². The Balaban J connectivity index is 1.51. The van der Waals surface area contributed by atoms with Crippen molar-refractivity contribution in [3.63, 3.8) is 0 Å². The van der Waals surface area contributed by atoms with Crippen LogP contribution in [0.15, 0.2) is 42.5 Å². The van der Waals surface area contributed by atoms with E-state index in [9.17, 15) is 9.59 Å². The number of fused-ring (bicyclic) bond motifs is 1. The van der Waals surface area contributed by atoms with E-state index in [4.69, 9.17) is 4.74 Å². The fourth-order valence-electron chi connectivity index (χ4n) is 3.24. The molecule has 1 aromatic heterocycles. The van der Waals surface area contributed by atoms with Gasteiger partial charge in [-0.25, -0.2) is 4.98 Å². The number of likely N-dealkylation sites (N-methyl/N-ethyl adjacent to an activating group) is 1. The fraction of sp³-hybridized carbons (Fsp3) is 0.286. The highest BCUT2D eigenvalue weighted by atomic mass is 32.1. The summed E-state index contributed by atoms with van der Waals surface area (Å²) in [5, 5.41) is 3.33. The van der Waals surface area contributed by atoms with Crippen molar-refractivity contribution in [2.45, 2.75) is 0 Å². The molecule has 4 rings (SSSR count). The summed E-state index contributed by atoms with van der Waals surface area (Å²) >= 11 is 1.36. The first-order valence-electron chi connectivity index (χ1n) is 9.37. The standard InChI is InChI=1S/C21H22N4O3S/c1-24-8-10-25(11-9-24)20(27)15-6-7-17-18(13-15)29-21(22-17)23-19(26)14-4-3-5-16(12-14)28-2/h3-7,12-13H,8-11H2,1-2H3,(H,22,23,26). The molecular weight excluding hydrogens is 388 g/mol. The first-order chi connectivity index (χ1) is 14.0. The average Bonchev–Trinajstić information content (AvgIpc) is 3.15. The number of hydrogen-bond donors (Lipinski definition) is 1. The molecule has 2 heterocycles. The van der Waals surface area contributed by atoms with Gasteiger partial charge in [-0.1, -0.05) is 17.4 Å². The van der Waals surface area contributed by atoms with Crippen molar-refractivity contribution in [2.24, 2.45) is 0 Å². The van der Waals surface area contributed by atoms with E-state index in [2.05, 4.69) is 22.2 Å². The lowest BCUT2D eigenvalue weighted by Gasteiger charge is -2.32. The average molecular weight is 410 g/mol. The lowest BCUT2D eigenvalue weighted by Crippen LogP contribution is -2.47. The van der Waals surface area contributed by atoms with Crippen LogP contribution in [0.2, 0.25) is 0 Å². The van der Waals surface area contributed by atoms with E-state index in [1.54, 1.807) is 37.4 Å². The number of aromatic nitrogens is 1. The Labute approximate surface area is 172 Å². The Bertz CT molecular complexity index is 1060. The molecule has 0 spiro atoms. The van der Waals surface area contributed by atoms with Gasteiger partial charge in [0, 0.05) is 37.3 Å². The fourth-order valence-corrected chi connectivity index (χ4v) is 4.14. The SMILES string of the molecule is COc1cccc(C(=O)Nc2nc3ccc(C(=O)N4CCN(C)CC4)cc3s2)c1. The zero-order valence-electron chi connectivity index (χ0n) is 16.3. The molecule has 1 saturated heterocycles. The zero-order chi connectivity index (χ0) is 20.4. The van der Waals surface area contributed by atoms with E-state index in [1.807, 2.05) is 17.0 Å². The summed E-state index contributed by atoms with van der Waals surface area (Å²) in [5.41, 5.74) is 1.90. The second-order valence-corrected chi connectivity index (χ2v) is 8.01. The normalized spacial score (nSPS) is 14.8. The predicted molar refractivity (Wildman–Crippen MR) is 114 cm³/mol. The Morgan fingerprint density at radius 2 is 1.86 bits per heavy atom. The number of piperazine rings is 1. The monoisotopic (exact) mass is 410 g/mol. The quantitative estimate of drug-likeness (QED) is 0.716. The Morgan fingerprint density at radius 1 is 1.07 bits per heavy atom. The van der Waals surface area contributed by atoms with Gasteiger partial charge in [0.15, 0.2) is 5.13 Å². The number of thiazole rings is 1. The van der Waals surface area contributed by atoms with Gasteiger partial charge in [-0.15, -0.1) is 0 Å². The highest BCUT2D eigenvalue weighted by molar-refractivity contribution is 7.22. The lowest BCUT2D eigenvalue weighted by molar-refractivity contribution is 0.0664. The molecule has 2 aromatic carbocycles. The molecule has 1 aliphatic rings. The number of carbonyl (C=O) groups excluding carboxylic acids is 2. The van der Waals surface area contributed by atoms with Crippen LogP contribution in [0.4, 0.5) is 5.13 Å². The maximum atomic E-state index is 12.8. The first-order valence-corrected chi connectivity index (χ1v) is 10.2. The summed E-state index contributed by atoms with van der Waals surface area (Å²) in [6, 6.07) is 12.4. The van der Waals surface area contributed by atoms with Crippen LogP contribution in [0.25, 0.3) is 10.2 Å². The lowest BCUT2D eigenvalue weighted by atomic mass is 10.1. The number of nitrogens with zero attached hydrogens (tertiary/aromatic N) is 3. The van der Waals surface area contributed by atoms with Gasteiger partial charge >= 0.3 is 0 Å². The summed E-state index contributed by atoms with van der Waals surface area (Å²) in [6.07, 6.45) is 0. The molecule has 0 unspecified atom stereocenters. The van der Waals surface area contributed by atoms with Crippen LogP contribution in [0.3, 0.4) is 0 Å². The first kappa shape index (κ1) is 19.4. The number of rotatable bonds is 4. The van der Waals surface area contributed by atoms with E-state index in [-0.39, 0.29) is 11.8 Å². The molecule has 1 aliphatic heterocycles. The molecular formula is C21H22N4O3S. The van der Waals surface area contributed by atoms with Gasteiger partial charge in [-0.3, -0.25) is 14.9 Å². The van der Waals surface area contributed by atoms with Gasteiger partial charge in [-0.05, 0) is 43.4 Å². The van der Waals surface area contributed by atoms with Gasteiger partial charge in [0.1, 0.15) is 5.75 Å². The molecule has 8 heteroatoms. The number of amides is 2. The molecule has 150 valence electrons. The molecule has 0 atom stereocenters. The number of hydrogen-bond acceptors (Lipinski definition) is 6. The van der Waals surface area contributed by atoms with Gasteiger partial charge < -0.3 is 14.5 Å². The third kappa shape index (κ3) is 4.23. The number of methoxy groups -OCH3 is 1. The van der Waals surface area contributed by atoms with E-state index in [0.29, 0.717) is 22.0 Å². The zero-order valence-corrected chi connectivity index (χ0v) is 17.2. The Morgan fingerprint density at radius 3 is 2.62 bits per heavy atom. The maximum absolute atomic E-state index is 12.8. The molecule has 0 bridgehead atoms. The van der Waals surface area contributed by atoms with E-state index < -0.39 is 0 Å². The highest BCUT2D eigenvalue weighted by Crippen LogP contribution is 2.28. The van der Waals surface area contributed by atoms with Crippen LogP contribution in [0, 0.1) is 0 Å². The van der Waals surface area contributed by atoms with Crippen molar-refractivity contribution in [1.29, 1.82) is 0 Å². The maximum Gasteiger partial charge on any atom is 0.257 e. The summed E-state index contributed by atoms with van der Waals surface area (Å²) in [6.45, 7) is 3.24. The van der Waals surface area contributed by atoms with Crippen LogP contribution in [0.1, 0.15) is 20.7 Å². The molecule has 29 heavy (non-hydrogen) atoms. The number of anilines is 1. The van der Waals surface area contributed by atoms with Crippen LogP contribution in [-0.2, 0) is 0 Å². The molecule has 0 saturated carbocycles. The van der Waals surface area contributed by atoms with Crippen molar-refractivity contribution in [1.82, 2.24) is 14.8 Å². The minimum absolute atomic E-state index is 0.0374. The minimum atomic E-state index is -0.253. The second kappa shape index (κ2) is 8.18. The molecule has 7 nitrogen and oxygen atoms in total. The highest BCUT2D eigenvalue weighted by Gasteiger charge is 2.21. The summed E-state index contributed by atoms with van der Waals surface area (Å²) in [4.78, 5) is 33.9. The van der Waals surface area contributed by atoms with Crippen LogP contribution in [-0.4, -0.2) is 66.9 Å². The Kier molecular flexibility index (Phi) is 5.46. The molecule has 0 aliphatic carbocycles. The minimum Gasteiger partial charge on any atom is -0.497 e. The molecule has 0 radical (unpaired) electrons. The van der Waals surface area contributed by atoms with E-state index >= 15 is 0 Å². The van der Waals surface area contributed by atoms with Gasteiger partial charge in [-0.2, -0.15) is 0 Å². The van der Waals surface area contributed by atoms with Crippen molar-refractivity contribution in [3.05, 3.63) is 53.6 Å². The number of nitrogens with one attached hydrogen (secondary N) is 1. The van der Waals surface area contributed by atoms with Crippen molar-refractivity contribution >= 4 is 38.5 Å². The van der Waals surface area contributed by atoms with E-state index in [0.717, 1.165) is 36.4 Å². The largest absolute Gasteiger partial charge is 0.497 e. The summed E-state index contributed by atoms with van der Waals surface area (Å²) in [5.74, 6) is 0.404. The third-order valence-electron chi connectivity index (χ3n) is 4.98. The smallest absolute Gasteiger partial charge is 0.257 e. The van der Waals surface area contributed by atoms with Crippen LogP contribution < -0.4 is 10.1 Å². The third-order valence-corrected chi connectivity index (χ3v) is 5.91. The molecule has 3 aromatic rings. The van der Waals surface area contributed by atoms with Crippen LogP contribution in [0.5, 0.6) is 5.75 Å². The van der Waals surface area contributed by atoms with Crippen molar-refractivity contribution in [2.75, 3.05) is 45.7 Å². The molecule has 1 fully saturated rings. The number of ether oxygens (including phenoxy) is 1. The topological polar surface area (TPSA) is 74.8 Å². The van der Waals surface area contributed by atoms with Gasteiger partial charge in [0.05, 0.1) is 17.3 Å². The Hall–Kier alpha value is -2.97. The number of benzene rings is 2. The van der Waals surface area contributed by atoms with E-state index in [1.165, 1.54) is 11.3 Å². The number of carbonyl (C=O) groups is 2. The van der Waals surface area contributed by atoms with Crippen molar-refractivity contribution < 1.29 is 14.3 Å². The van der Waals surface area contributed by atoms with Crippen LogP contribution >= 0.6 is 11.3 Å². The molecule has 2 amide bonds. The van der Waals surface area contributed by atoms with Crippen molar-refractivity contribution in [3.8, 4) is 5.75 Å². The van der Waals surface area contributed by atoms with Gasteiger partial charge in [0.25, 0.3) is 11.8 Å².